The number of benzene rings is 6. The van der Waals surface area contributed by atoms with Gasteiger partial charge >= 0.3 is 0 Å². The zero-order chi connectivity index (χ0) is 27.7. The summed E-state index contributed by atoms with van der Waals surface area (Å²) < 4.78 is 7.61. The van der Waals surface area contributed by atoms with Crippen LogP contribution < -0.4 is 7.60 Å². The third kappa shape index (κ3) is 3.60. The maximum atomic E-state index is 7.01. The van der Waals surface area contributed by atoms with Crippen molar-refractivity contribution in [3.05, 3.63) is 133 Å². The maximum absolute atomic E-state index is 7.01. The van der Waals surface area contributed by atoms with Gasteiger partial charge in [0.1, 0.15) is 11.8 Å². The normalized spacial score (nSPS) is 18.8. The molecular formula is C37H28IN2O+. The topological polar surface area (TPSA) is 16.4 Å². The summed E-state index contributed by atoms with van der Waals surface area (Å²) in [5.41, 5.74) is 7.82. The lowest BCUT2D eigenvalue weighted by Gasteiger charge is -2.33. The fourth-order valence-corrected chi connectivity index (χ4v) is 7.64. The van der Waals surface area contributed by atoms with Crippen molar-refractivity contribution in [1.82, 2.24) is 2.70 Å². The summed E-state index contributed by atoms with van der Waals surface area (Å²) in [6.45, 7) is 4.48. The summed E-state index contributed by atoms with van der Waals surface area (Å²) in [5, 5.41) is 7.31. The van der Waals surface area contributed by atoms with Crippen molar-refractivity contribution in [3.63, 3.8) is 0 Å². The highest BCUT2D eigenvalue weighted by Crippen LogP contribution is 2.49. The standard InChI is InChI=1S/C37H28IN2O/c1-24-19-20-33-31-17-10-18-32(34-23-26-11-6-7-14-28(26)29-15-8-9-16-30(29)34)36(31)41-37(33)35(24)40(38)22-21-39(25(40)2)27-12-4-3-5-13-27/h3-23,25H,1-2H3/q+1/t25-,40?/m1/s1. The Morgan fingerprint density at radius 3 is 2.17 bits per heavy atom. The fourth-order valence-electron chi connectivity index (χ4n) is 6.62. The summed E-state index contributed by atoms with van der Waals surface area (Å²) in [4.78, 5) is 2.35. The van der Waals surface area contributed by atoms with Gasteiger partial charge in [-0.2, -0.15) is 2.70 Å². The Labute approximate surface area is 253 Å². The van der Waals surface area contributed by atoms with Gasteiger partial charge in [0.2, 0.25) is 0 Å². The molecule has 7 aromatic rings. The third-order valence-electron chi connectivity index (χ3n) is 8.69. The van der Waals surface area contributed by atoms with Gasteiger partial charge in [0, 0.05) is 34.5 Å². The van der Waals surface area contributed by atoms with Gasteiger partial charge in [-0.25, -0.2) is 0 Å². The monoisotopic (exact) mass is 643 g/mol. The minimum absolute atomic E-state index is 0.152. The summed E-state index contributed by atoms with van der Waals surface area (Å²) in [7, 11) is 0. The molecule has 0 N–H and O–H groups in total. The molecule has 2 atom stereocenters. The van der Waals surface area contributed by atoms with Crippen molar-refractivity contribution >= 4 is 77.7 Å². The van der Waals surface area contributed by atoms with Crippen LogP contribution in [-0.2, 0) is 0 Å². The van der Waals surface area contributed by atoms with Crippen LogP contribution in [0.2, 0.25) is 0 Å². The van der Waals surface area contributed by atoms with Gasteiger partial charge in [-0.1, -0.05) is 91.0 Å². The van der Waals surface area contributed by atoms with Crippen LogP contribution in [0.4, 0.5) is 11.4 Å². The summed E-state index contributed by atoms with van der Waals surface area (Å²) in [6, 6.07) is 41.3. The molecule has 0 radical (unpaired) electrons. The van der Waals surface area contributed by atoms with E-state index in [1.165, 1.54) is 44.0 Å². The number of quaternary nitrogens is 1. The molecule has 0 amide bonds. The predicted octanol–water partition coefficient (Wildman–Crippen LogP) is 10.9. The van der Waals surface area contributed by atoms with E-state index in [-0.39, 0.29) is 6.17 Å². The molecule has 1 aliphatic heterocycles. The molecule has 0 fully saturated rings. The molecule has 8 rings (SSSR count). The van der Waals surface area contributed by atoms with E-state index in [2.05, 4.69) is 169 Å². The highest BCUT2D eigenvalue weighted by Gasteiger charge is 2.45. The Morgan fingerprint density at radius 1 is 0.659 bits per heavy atom. The molecule has 2 heterocycles. The minimum atomic E-state index is 0.152. The van der Waals surface area contributed by atoms with Crippen LogP contribution in [0.15, 0.2) is 132 Å². The van der Waals surface area contributed by atoms with E-state index in [4.69, 9.17) is 4.42 Å². The molecule has 1 aromatic heterocycles. The lowest BCUT2D eigenvalue weighted by atomic mass is 9.92. The molecule has 3 nitrogen and oxygen atoms in total. The van der Waals surface area contributed by atoms with E-state index in [0.717, 1.165) is 27.5 Å². The number of aryl methyl sites for hydroxylation is 1. The van der Waals surface area contributed by atoms with Crippen molar-refractivity contribution in [3.8, 4) is 11.1 Å². The zero-order valence-corrected chi connectivity index (χ0v) is 25.0. The molecular weight excluding hydrogens is 615 g/mol. The van der Waals surface area contributed by atoms with Gasteiger partial charge in [-0.15, -0.1) is 0 Å². The minimum Gasteiger partial charge on any atom is -0.449 e. The lowest BCUT2D eigenvalue weighted by molar-refractivity contribution is 0.524. The molecule has 1 aliphatic rings. The van der Waals surface area contributed by atoms with Crippen LogP contribution in [0.1, 0.15) is 12.5 Å². The molecule has 0 bridgehead atoms. The number of furan rings is 1. The van der Waals surface area contributed by atoms with E-state index in [9.17, 15) is 0 Å². The van der Waals surface area contributed by atoms with Crippen LogP contribution in [0.3, 0.4) is 0 Å². The Kier molecular flexibility index (Phi) is 5.53. The highest BCUT2D eigenvalue weighted by molar-refractivity contribution is 14.1. The van der Waals surface area contributed by atoms with Gasteiger partial charge in [0.25, 0.3) is 22.9 Å². The molecule has 0 saturated heterocycles. The van der Waals surface area contributed by atoms with E-state index in [1.807, 2.05) is 0 Å². The van der Waals surface area contributed by atoms with Crippen molar-refractivity contribution in [2.75, 3.05) is 4.90 Å². The summed E-state index contributed by atoms with van der Waals surface area (Å²) in [6.07, 6.45) is 4.64. The second-order valence-electron chi connectivity index (χ2n) is 10.9. The third-order valence-corrected chi connectivity index (χ3v) is 10.3. The largest absolute Gasteiger partial charge is 0.449 e. The first-order chi connectivity index (χ1) is 20.0. The van der Waals surface area contributed by atoms with Crippen molar-refractivity contribution in [2.24, 2.45) is 0 Å². The molecule has 0 aliphatic carbocycles. The maximum Gasteiger partial charge on any atom is 0.262 e. The fraction of sp³-hybridized carbons (Fsp3) is 0.0811. The van der Waals surface area contributed by atoms with Crippen LogP contribution in [0, 0.1) is 6.92 Å². The predicted molar refractivity (Wildman–Crippen MR) is 182 cm³/mol. The quantitative estimate of drug-likeness (QED) is 0.108. The molecule has 0 spiro atoms. The molecule has 41 heavy (non-hydrogen) atoms. The lowest BCUT2D eigenvalue weighted by Crippen LogP contribution is -2.45. The second-order valence-corrected chi connectivity index (χ2v) is 12.5. The average Bonchev–Trinajstić information content (AvgIpc) is 3.54. The number of rotatable bonds is 3. The first kappa shape index (κ1) is 24.6. The van der Waals surface area contributed by atoms with Crippen LogP contribution in [0.25, 0.3) is 54.6 Å². The Balaban J connectivity index is 1.37. The van der Waals surface area contributed by atoms with Gasteiger partial charge < -0.3 is 4.42 Å². The molecule has 0 saturated carbocycles. The van der Waals surface area contributed by atoms with E-state index in [0.29, 0.717) is 2.70 Å². The molecule has 1 unspecified atom stereocenters. The number of hydrogen-bond acceptors (Lipinski definition) is 2. The highest BCUT2D eigenvalue weighted by atomic mass is 127. The first-order valence-corrected chi connectivity index (χ1v) is 15.0. The molecule has 6 aromatic carbocycles. The van der Waals surface area contributed by atoms with Crippen LogP contribution in [-0.4, -0.2) is 6.17 Å². The Hall–Kier alpha value is -4.13. The summed E-state index contributed by atoms with van der Waals surface area (Å²) in [5.74, 6) is 0. The number of fused-ring (bicyclic) bond motifs is 6. The first-order valence-electron chi connectivity index (χ1n) is 14.0. The van der Waals surface area contributed by atoms with E-state index < -0.39 is 0 Å². The second kappa shape index (κ2) is 9.20. The van der Waals surface area contributed by atoms with E-state index >= 15 is 0 Å². The van der Waals surface area contributed by atoms with Crippen molar-refractivity contribution < 1.29 is 4.42 Å². The van der Waals surface area contributed by atoms with Gasteiger partial charge in [-0.05, 0) is 58.3 Å². The van der Waals surface area contributed by atoms with E-state index in [1.54, 1.807) is 0 Å². The number of anilines is 1. The SMILES string of the molecule is Cc1ccc2c(oc3c(-c4cc5ccccc5c5ccccc45)cccc32)c1[N+]1(I)C=CN(c2ccccc2)[C@H]1C. The van der Waals surface area contributed by atoms with Crippen LogP contribution in [0.5, 0.6) is 0 Å². The van der Waals surface area contributed by atoms with Crippen molar-refractivity contribution in [1.29, 1.82) is 0 Å². The Bertz CT molecular complexity index is 2160. The van der Waals surface area contributed by atoms with Crippen molar-refractivity contribution in [2.45, 2.75) is 20.0 Å². The number of halogens is 1. The van der Waals surface area contributed by atoms with Crippen LogP contribution >= 0.6 is 22.9 Å². The Morgan fingerprint density at radius 2 is 1.34 bits per heavy atom. The summed E-state index contributed by atoms with van der Waals surface area (Å²) >= 11 is 2.59. The zero-order valence-electron chi connectivity index (χ0n) is 22.9. The van der Waals surface area contributed by atoms with Gasteiger partial charge in [0.15, 0.2) is 17.4 Å². The van der Waals surface area contributed by atoms with Gasteiger partial charge in [-0.3, -0.25) is 4.90 Å². The van der Waals surface area contributed by atoms with Gasteiger partial charge in [0.05, 0.1) is 6.20 Å². The molecule has 4 heteroatoms. The number of nitrogens with zero attached hydrogens (tertiary/aromatic N) is 2. The number of hydrogen-bond donors (Lipinski definition) is 0. The number of para-hydroxylation sites is 2. The average molecular weight is 644 g/mol. The molecule has 198 valence electrons. The smallest absolute Gasteiger partial charge is 0.262 e.